The smallest absolute Gasteiger partial charge is 0.323 e. The second-order valence-corrected chi connectivity index (χ2v) is 8.30. The van der Waals surface area contributed by atoms with Gasteiger partial charge in [-0.1, -0.05) is 11.6 Å². The number of likely N-dealkylation sites (tertiary alicyclic amines) is 1. The number of amides is 3. The van der Waals surface area contributed by atoms with E-state index in [-0.39, 0.29) is 22.8 Å². The number of carbonyl (C=O) groups excluding carboxylic acids is 3. The summed E-state index contributed by atoms with van der Waals surface area (Å²) in [6.07, 6.45) is 1.18. The number of pyridine rings is 1. The van der Waals surface area contributed by atoms with Gasteiger partial charge in [-0.15, -0.1) is 0 Å². The van der Waals surface area contributed by atoms with Gasteiger partial charge in [0, 0.05) is 33.6 Å². The van der Waals surface area contributed by atoms with Crippen molar-refractivity contribution in [2.75, 3.05) is 18.6 Å². The van der Waals surface area contributed by atoms with Crippen LogP contribution in [-0.2, 0) is 31.1 Å². The van der Waals surface area contributed by atoms with E-state index in [1.54, 1.807) is 13.1 Å². The molecular formula is C22H20ClN3O6. The van der Waals surface area contributed by atoms with Gasteiger partial charge >= 0.3 is 5.97 Å². The number of hydrogen-bond donors (Lipinski definition) is 1. The van der Waals surface area contributed by atoms with Crippen molar-refractivity contribution in [1.29, 1.82) is 0 Å². The molecule has 1 aromatic carbocycles. The zero-order valence-electron chi connectivity index (χ0n) is 17.6. The van der Waals surface area contributed by atoms with Gasteiger partial charge < -0.3 is 9.84 Å². The van der Waals surface area contributed by atoms with Crippen LogP contribution in [0.25, 0.3) is 0 Å². The van der Waals surface area contributed by atoms with Gasteiger partial charge in [-0.25, -0.2) is 0 Å². The van der Waals surface area contributed by atoms with Gasteiger partial charge in [0.2, 0.25) is 17.7 Å². The Labute approximate surface area is 188 Å². The first-order valence-electron chi connectivity index (χ1n) is 9.79. The maximum absolute atomic E-state index is 13.6. The first kappa shape index (κ1) is 21.8. The molecule has 1 aromatic heterocycles. The molecule has 4 rings (SSSR count). The minimum Gasteiger partial charge on any atom is -0.496 e. The van der Waals surface area contributed by atoms with E-state index in [9.17, 15) is 24.3 Å². The molecule has 0 unspecified atom stereocenters. The number of imide groups is 1. The fraction of sp³-hybridized carbons (Fsp3) is 0.318. The van der Waals surface area contributed by atoms with Crippen molar-refractivity contribution in [2.45, 2.75) is 32.2 Å². The number of halogens is 1. The SMILES string of the molecule is COc1c(C)cnc(CN2C(=O)C[C@]3(C2=O)C(=O)N(CC(=O)O)c2ccc(Cl)cc23)c1C. The summed E-state index contributed by atoms with van der Waals surface area (Å²) < 4.78 is 5.40. The predicted molar refractivity (Wildman–Crippen MR) is 114 cm³/mol. The van der Waals surface area contributed by atoms with Crippen molar-refractivity contribution < 1.29 is 29.0 Å². The van der Waals surface area contributed by atoms with E-state index < -0.39 is 42.1 Å². The number of methoxy groups -OCH3 is 1. The highest BCUT2D eigenvalue weighted by molar-refractivity contribution is 6.32. The summed E-state index contributed by atoms with van der Waals surface area (Å²) in [6.45, 7) is 2.84. The summed E-state index contributed by atoms with van der Waals surface area (Å²) in [6, 6.07) is 4.44. The molecular weight excluding hydrogens is 438 g/mol. The number of anilines is 1. The molecule has 0 aliphatic carbocycles. The highest BCUT2D eigenvalue weighted by Crippen LogP contribution is 2.49. The fourth-order valence-corrected chi connectivity index (χ4v) is 4.66. The van der Waals surface area contributed by atoms with E-state index in [4.69, 9.17) is 16.3 Å². The van der Waals surface area contributed by atoms with Crippen LogP contribution < -0.4 is 9.64 Å². The molecule has 1 spiro atoms. The molecule has 1 fully saturated rings. The van der Waals surface area contributed by atoms with Crippen molar-refractivity contribution in [3.8, 4) is 5.75 Å². The number of fused-ring (bicyclic) bond motifs is 2. The minimum absolute atomic E-state index is 0.135. The average Bonchev–Trinajstić information content (AvgIpc) is 3.11. The second-order valence-electron chi connectivity index (χ2n) is 7.86. The second kappa shape index (κ2) is 7.59. The Bertz CT molecular complexity index is 1200. The zero-order valence-corrected chi connectivity index (χ0v) is 18.4. The zero-order chi connectivity index (χ0) is 23.4. The highest BCUT2D eigenvalue weighted by atomic mass is 35.5. The van der Waals surface area contributed by atoms with Crippen LogP contribution in [0.15, 0.2) is 24.4 Å². The number of carbonyl (C=O) groups is 4. The normalized spacial score (nSPS) is 19.8. The van der Waals surface area contributed by atoms with Crippen LogP contribution in [0.2, 0.25) is 5.02 Å². The molecule has 9 nitrogen and oxygen atoms in total. The van der Waals surface area contributed by atoms with Crippen molar-refractivity contribution >= 4 is 41.0 Å². The number of ether oxygens (including phenoxy) is 1. The number of hydrogen-bond acceptors (Lipinski definition) is 6. The number of aromatic nitrogens is 1. The number of aliphatic carboxylic acids is 1. The standard InChI is InChI=1S/C22H20ClN3O6/c1-11-8-24-15(12(2)19(11)32-3)9-26-17(27)7-22(21(26)31)14-6-13(23)4-5-16(14)25(20(22)30)10-18(28)29/h4-6,8H,7,9-10H2,1-3H3,(H,28,29)/t22-/m1/s1. The molecule has 1 atom stereocenters. The molecule has 1 N–H and O–H groups in total. The molecule has 0 saturated carbocycles. The lowest BCUT2D eigenvalue weighted by molar-refractivity contribution is -0.143. The van der Waals surface area contributed by atoms with Gasteiger partial charge in [0.05, 0.1) is 25.8 Å². The number of carboxylic acid groups (broad SMARTS) is 1. The van der Waals surface area contributed by atoms with Crippen LogP contribution in [0.5, 0.6) is 5.75 Å². The number of carboxylic acids is 1. The Morgan fingerprint density at radius 2 is 1.91 bits per heavy atom. The summed E-state index contributed by atoms with van der Waals surface area (Å²) >= 11 is 6.13. The van der Waals surface area contributed by atoms with Crippen molar-refractivity contribution in [3.05, 3.63) is 51.8 Å². The first-order valence-corrected chi connectivity index (χ1v) is 10.2. The number of benzene rings is 1. The minimum atomic E-state index is -1.84. The topological polar surface area (TPSA) is 117 Å². The third-order valence-electron chi connectivity index (χ3n) is 6.00. The lowest BCUT2D eigenvalue weighted by Gasteiger charge is -2.22. The summed E-state index contributed by atoms with van der Waals surface area (Å²) in [5.74, 6) is -2.65. The fourth-order valence-electron chi connectivity index (χ4n) is 4.49. The molecule has 10 heteroatoms. The predicted octanol–water partition coefficient (Wildman–Crippen LogP) is 1.99. The van der Waals surface area contributed by atoms with E-state index in [0.29, 0.717) is 17.0 Å². The van der Waals surface area contributed by atoms with E-state index in [0.717, 1.165) is 15.4 Å². The van der Waals surface area contributed by atoms with Gasteiger partial charge in [0.25, 0.3) is 0 Å². The van der Waals surface area contributed by atoms with Crippen LogP contribution in [0.3, 0.4) is 0 Å². The van der Waals surface area contributed by atoms with Gasteiger partial charge in [-0.05, 0) is 32.0 Å². The molecule has 2 aliphatic heterocycles. The number of nitrogens with zero attached hydrogens (tertiary/aromatic N) is 3. The van der Waals surface area contributed by atoms with Crippen molar-refractivity contribution in [2.24, 2.45) is 0 Å². The lowest BCUT2D eigenvalue weighted by atomic mass is 9.80. The van der Waals surface area contributed by atoms with E-state index in [1.165, 1.54) is 25.3 Å². The molecule has 32 heavy (non-hydrogen) atoms. The molecule has 166 valence electrons. The molecule has 3 amide bonds. The summed E-state index contributed by atoms with van der Waals surface area (Å²) in [7, 11) is 1.52. The van der Waals surface area contributed by atoms with Crippen LogP contribution in [0.1, 0.15) is 28.8 Å². The first-order chi connectivity index (χ1) is 15.1. The van der Waals surface area contributed by atoms with Crippen molar-refractivity contribution in [3.63, 3.8) is 0 Å². The quantitative estimate of drug-likeness (QED) is 0.539. The highest BCUT2D eigenvalue weighted by Gasteiger charge is 2.64. The monoisotopic (exact) mass is 457 g/mol. The van der Waals surface area contributed by atoms with Crippen LogP contribution in [-0.4, -0.2) is 52.3 Å². The number of rotatable bonds is 5. The summed E-state index contributed by atoms with van der Waals surface area (Å²) in [4.78, 5) is 57.7. The third kappa shape index (κ3) is 3.03. The molecule has 2 aliphatic rings. The van der Waals surface area contributed by atoms with Gasteiger partial charge in [-0.2, -0.15) is 0 Å². The van der Waals surface area contributed by atoms with Crippen molar-refractivity contribution in [1.82, 2.24) is 9.88 Å². The van der Waals surface area contributed by atoms with Gasteiger partial charge in [0.15, 0.2) is 5.41 Å². The molecule has 3 heterocycles. The van der Waals surface area contributed by atoms with Crippen LogP contribution in [0, 0.1) is 13.8 Å². The molecule has 1 saturated heterocycles. The van der Waals surface area contributed by atoms with Gasteiger partial charge in [0.1, 0.15) is 12.3 Å². The van der Waals surface area contributed by atoms with Crippen LogP contribution >= 0.6 is 11.6 Å². The Kier molecular flexibility index (Phi) is 5.16. The Balaban J connectivity index is 1.78. The van der Waals surface area contributed by atoms with Gasteiger partial charge in [-0.3, -0.25) is 34.0 Å². The number of aryl methyl sites for hydroxylation is 1. The summed E-state index contributed by atoms with van der Waals surface area (Å²) in [5, 5.41) is 9.54. The largest absolute Gasteiger partial charge is 0.496 e. The maximum Gasteiger partial charge on any atom is 0.323 e. The Morgan fingerprint density at radius 1 is 1.22 bits per heavy atom. The lowest BCUT2D eigenvalue weighted by Crippen LogP contribution is -2.47. The molecule has 0 bridgehead atoms. The Hall–Kier alpha value is -3.46. The maximum atomic E-state index is 13.6. The Morgan fingerprint density at radius 3 is 2.56 bits per heavy atom. The molecule has 0 radical (unpaired) electrons. The van der Waals surface area contributed by atoms with Crippen LogP contribution in [0.4, 0.5) is 5.69 Å². The third-order valence-corrected chi connectivity index (χ3v) is 6.23. The van der Waals surface area contributed by atoms with E-state index in [2.05, 4.69) is 4.98 Å². The van der Waals surface area contributed by atoms with E-state index in [1.807, 2.05) is 6.92 Å². The average molecular weight is 458 g/mol. The molecule has 2 aromatic rings. The summed E-state index contributed by atoms with van der Waals surface area (Å²) in [5.41, 5.74) is 0.616. The van der Waals surface area contributed by atoms with E-state index >= 15 is 0 Å².